The van der Waals surface area contributed by atoms with E-state index in [0.717, 1.165) is 16.0 Å². The molecule has 3 heterocycles. The van der Waals surface area contributed by atoms with E-state index in [9.17, 15) is 9.59 Å². The lowest BCUT2D eigenvalue weighted by atomic mass is 9.93. The summed E-state index contributed by atoms with van der Waals surface area (Å²) in [6.07, 6.45) is 3.72. The largest absolute Gasteiger partial charge is 0.463 e. The average molecular weight is 591 g/mol. The number of esters is 1. The Morgan fingerprint density at radius 3 is 2.58 bits per heavy atom. The molecule has 1 aromatic heterocycles. The maximum absolute atomic E-state index is 14.0. The highest BCUT2D eigenvalue weighted by atomic mass is 35.5. The molecule has 1 unspecified atom stereocenters. The molecule has 1 atom stereocenters. The Kier molecular flexibility index (Phi) is 7.27. The summed E-state index contributed by atoms with van der Waals surface area (Å²) >= 11 is 9.38. The van der Waals surface area contributed by atoms with Crippen LogP contribution in [0.1, 0.15) is 29.7 Å². The van der Waals surface area contributed by atoms with Crippen molar-refractivity contribution in [2.75, 3.05) is 19.7 Å². The monoisotopic (exact) mass is 590 g/mol. The highest BCUT2D eigenvalue weighted by Crippen LogP contribution is 2.38. The maximum atomic E-state index is 14.0. The zero-order valence-corrected chi connectivity index (χ0v) is 23.9. The van der Waals surface area contributed by atoms with Crippen molar-refractivity contribution in [3.63, 3.8) is 0 Å². The van der Waals surface area contributed by atoms with Crippen LogP contribution in [0.15, 0.2) is 87.0 Å². The lowest BCUT2D eigenvalue weighted by molar-refractivity contribution is -0.138. The van der Waals surface area contributed by atoms with Crippen LogP contribution < -0.4 is 24.4 Å². The maximum Gasteiger partial charge on any atom is 0.338 e. The van der Waals surface area contributed by atoms with Gasteiger partial charge in [-0.15, -0.1) is 11.8 Å². The van der Waals surface area contributed by atoms with Gasteiger partial charge in [-0.1, -0.05) is 65.4 Å². The number of thiazole rings is 1. The molecule has 2 aliphatic rings. The smallest absolute Gasteiger partial charge is 0.338 e. The summed E-state index contributed by atoms with van der Waals surface area (Å²) in [5, 5.41) is 0.427. The minimum absolute atomic E-state index is 0.117. The molecule has 10 heteroatoms. The number of halogens is 1. The molecular weight excluding hydrogens is 568 g/mol. The van der Waals surface area contributed by atoms with Gasteiger partial charge in [0.25, 0.3) is 5.56 Å². The second-order valence-corrected chi connectivity index (χ2v) is 11.2. The number of hydrogen-bond donors (Lipinski definition) is 0. The quantitative estimate of drug-likeness (QED) is 0.231. The highest BCUT2D eigenvalue weighted by Gasteiger charge is 2.35. The highest BCUT2D eigenvalue weighted by molar-refractivity contribution is 7.98. The molecule has 0 saturated heterocycles. The van der Waals surface area contributed by atoms with E-state index in [1.807, 2.05) is 60.9 Å². The number of ether oxygens (including phenoxy) is 3. The Labute approximate surface area is 243 Å². The second kappa shape index (κ2) is 11.0. The van der Waals surface area contributed by atoms with Crippen LogP contribution in [0, 0.1) is 0 Å². The Morgan fingerprint density at radius 1 is 1.15 bits per heavy atom. The summed E-state index contributed by atoms with van der Waals surface area (Å²) in [7, 11) is 0. The molecule has 4 aromatic rings. The molecule has 0 radical (unpaired) electrons. The van der Waals surface area contributed by atoms with Gasteiger partial charge in [0.05, 0.1) is 33.5 Å². The van der Waals surface area contributed by atoms with Crippen molar-refractivity contribution in [2.45, 2.75) is 17.9 Å². The summed E-state index contributed by atoms with van der Waals surface area (Å²) in [6.45, 7) is 2.06. The first-order valence-electron chi connectivity index (χ1n) is 12.5. The first kappa shape index (κ1) is 26.4. The van der Waals surface area contributed by atoms with E-state index < -0.39 is 12.0 Å². The van der Waals surface area contributed by atoms with Gasteiger partial charge in [0.2, 0.25) is 6.79 Å². The fourth-order valence-electron chi connectivity index (χ4n) is 4.73. The van der Waals surface area contributed by atoms with Crippen molar-refractivity contribution in [3.05, 3.63) is 114 Å². The van der Waals surface area contributed by atoms with Crippen LogP contribution in [0.25, 0.3) is 11.8 Å². The molecule has 0 spiro atoms. The molecule has 0 aliphatic carbocycles. The van der Waals surface area contributed by atoms with Gasteiger partial charge in [-0.3, -0.25) is 9.36 Å². The van der Waals surface area contributed by atoms with Crippen LogP contribution in [0.2, 0.25) is 5.02 Å². The minimum Gasteiger partial charge on any atom is -0.463 e. The van der Waals surface area contributed by atoms with Crippen molar-refractivity contribution in [1.82, 2.24) is 4.57 Å². The molecule has 0 fully saturated rings. The normalized spacial score (nSPS) is 16.1. The number of nitrogens with zero attached hydrogens (tertiary/aromatic N) is 2. The molecule has 7 nitrogen and oxygen atoms in total. The Bertz CT molecular complexity index is 1830. The third-order valence-corrected chi connectivity index (χ3v) is 8.64. The summed E-state index contributed by atoms with van der Waals surface area (Å²) in [5.74, 6) is 0.604. The van der Waals surface area contributed by atoms with E-state index in [4.69, 9.17) is 30.8 Å². The average Bonchev–Trinajstić information content (AvgIpc) is 3.56. The number of carbonyl (C=O) groups excluding carboxylic acids is 1. The van der Waals surface area contributed by atoms with Gasteiger partial charge in [0.15, 0.2) is 16.3 Å². The van der Waals surface area contributed by atoms with E-state index in [0.29, 0.717) is 42.7 Å². The molecule has 0 bridgehead atoms. The summed E-state index contributed by atoms with van der Waals surface area (Å²) in [6, 6.07) is 20.0. The lowest BCUT2D eigenvalue weighted by Crippen LogP contribution is -2.40. The molecule has 3 aromatic carbocycles. The van der Waals surface area contributed by atoms with Crippen LogP contribution in [0.3, 0.4) is 0 Å². The number of benzene rings is 3. The molecule has 0 N–H and O–H groups in total. The Hall–Kier alpha value is -3.79. The van der Waals surface area contributed by atoms with Crippen molar-refractivity contribution in [1.29, 1.82) is 0 Å². The second-order valence-electron chi connectivity index (χ2n) is 8.93. The van der Waals surface area contributed by atoms with Gasteiger partial charge in [-0.05, 0) is 48.6 Å². The molecule has 40 heavy (non-hydrogen) atoms. The van der Waals surface area contributed by atoms with Crippen LogP contribution >= 0.6 is 34.7 Å². The molecule has 2 aliphatic heterocycles. The minimum atomic E-state index is -0.740. The summed E-state index contributed by atoms with van der Waals surface area (Å²) in [4.78, 5) is 34.0. The van der Waals surface area contributed by atoms with Gasteiger partial charge in [0.1, 0.15) is 0 Å². The van der Waals surface area contributed by atoms with Crippen molar-refractivity contribution >= 4 is 52.4 Å². The van der Waals surface area contributed by atoms with Crippen molar-refractivity contribution in [2.24, 2.45) is 4.99 Å². The predicted octanol–water partition coefficient (Wildman–Crippen LogP) is 5.04. The summed E-state index contributed by atoms with van der Waals surface area (Å²) in [5.41, 5.74) is 2.65. The fraction of sp³-hybridized carbons (Fsp3) is 0.167. The zero-order valence-electron chi connectivity index (χ0n) is 21.5. The van der Waals surface area contributed by atoms with E-state index in [2.05, 4.69) is 0 Å². The number of fused-ring (bicyclic) bond motifs is 2. The Balaban J connectivity index is 1.62. The van der Waals surface area contributed by atoms with Crippen molar-refractivity contribution < 1.29 is 19.0 Å². The number of rotatable bonds is 6. The van der Waals surface area contributed by atoms with Crippen molar-refractivity contribution in [3.8, 4) is 11.5 Å². The van der Waals surface area contributed by atoms with E-state index in [-0.39, 0.29) is 19.0 Å². The van der Waals surface area contributed by atoms with Gasteiger partial charge in [0, 0.05) is 16.5 Å². The number of thioether (sulfide) groups is 1. The van der Waals surface area contributed by atoms with Crippen LogP contribution in [0.5, 0.6) is 11.5 Å². The standard InChI is InChI=1S/C30H23ClN2O5S2/c1-3-36-29(35)25-26(17-7-5-4-6-8-17)32-30-33(27(25)18-9-11-20(39-2)12-10-18)28(34)24(40-30)14-19-13-22-23(15-21(19)31)38-16-37-22/h4-15,27H,3,16H2,1-2H3. The third kappa shape index (κ3) is 4.74. The molecular formula is C30H23ClN2O5S2. The van der Waals surface area contributed by atoms with E-state index in [1.54, 1.807) is 41.5 Å². The van der Waals surface area contributed by atoms with Gasteiger partial charge in [-0.25, -0.2) is 9.79 Å². The summed E-state index contributed by atoms with van der Waals surface area (Å²) < 4.78 is 18.4. The third-order valence-electron chi connectivity index (χ3n) is 6.58. The Morgan fingerprint density at radius 2 is 1.88 bits per heavy atom. The zero-order chi connectivity index (χ0) is 27.8. The number of hydrogen-bond acceptors (Lipinski definition) is 8. The number of aromatic nitrogens is 1. The van der Waals surface area contributed by atoms with Gasteiger partial charge in [-0.2, -0.15) is 0 Å². The van der Waals surface area contributed by atoms with Gasteiger partial charge >= 0.3 is 5.97 Å². The first-order chi connectivity index (χ1) is 19.5. The lowest BCUT2D eigenvalue weighted by Gasteiger charge is -2.26. The fourth-order valence-corrected chi connectivity index (χ4v) is 6.34. The molecule has 6 rings (SSSR count). The van der Waals surface area contributed by atoms with Crippen LogP contribution in [-0.2, 0) is 9.53 Å². The molecule has 202 valence electrons. The first-order valence-corrected chi connectivity index (χ1v) is 14.9. The SMILES string of the molecule is CCOC(=O)C1=C(c2ccccc2)N=c2sc(=Cc3cc4c(cc3Cl)OCO4)c(=O)n2C1c1ccc(SC)cc1. The van der Waals surface area contributed by atoms with E-state index in [1.165, 1.54) is 11.3 Å². The van der Waals surface area contributed by atoms with Gasteiger partial charge < -0.3 is 14.2 Å². The molecule has 0 amide bonds. The van der Waals surface area contributed by atoms with Crippen LogP contribution in [0.4, 0.5) is 0 Å². The molecule has 0 saturated carbocycles. The predicted molar refractivity (Wildman–Crippen MR) is 157 cm³/mol. The van der Waals surface area contributed by atoms with Crippen LogP contribution in [-0.4, -0.2) is 30.2 Å². The van der Waals surface area contributed by atoms with E-state index >= 15 is 0 Å². The topological polar surface area (TPSA) is 79.1 Å². The number of carbonyl (C=O) groups is 1.